The first-order valence-corrected chi connectivity index (χ1v) is 6.98. The van der Waals surface area contributed by atoms with Crippen molar-refractivity contribution < 1.29 is 18.6 Å². The third-order valence-electron chi connectivity index (χ3n) is 2.47. The van der Waals surface area contributed by atoms with Gasteiger partial charge in [0.05, 0.1) is 12.7 Å². The molecule has 1 unspecified atom stereocenters. The van der Waals surface area contributed by atoms with E-state index in [1.54, 1.807) is 0 Å². The van der Waals surface area contributed by atoms with Crippen LogP contribution in [0.3, 0.4) is 0 Å². The SMILES string of the molecule is CCCCOCC(O)CNc1c(F)cc(Br)cc1F. The highest BCUT2D eigenvalue weighted by Crippen LogP contribution is 2.23. The Bertz CT molecular complexity index is 381. The molecule has 1 aromatic rings. The lowest BCUT2D eigenvalue weighted by molar-refractivity contribution is 0.0421. The van der Waals surface area contributed by atoms with Crippen molar-refractivity contribution in [2.45, 2.75) is 25.9 Å². The van der Waals surface area contributed by atoms with E-state index in [1.165, 1.54) is 0 Å². The van der Waals surface area contributed by atoms with Crippen LogP contribution in [-0.2, 0) is 4.74 Å². The second-order valence-electron chi connectivity index (χ2n) is 4.21. The Kier molecular flexibility index (Phi) is 7.27. The molecule has 1 atom stereocenters. The Morgan fingerprint density at radius 2 is 2.00 bits per heavy atom. The molecule has 0 saturated carbocycles. The van der Waals surface area contributed by atoms with Crippen LogP contribution in [0.1, 0.15) is 19.8 Å². The summed E-state index contributed by atoms with van der Waals surface area (Å²) < 4.78 is 32.5. The molecule has 19 heavy (non-hydrogen) atoms. The normalized spacial score (nSPS) is 12.5. The van der Waals surface area contributed by atoms with Gasteiger partial charge in [-0.1, -0.05) is 29.3 Å². The van der Waals surface area contributed by atoms with Crippen molar-refractivity contribution in [3.63, 3.8) is 0 Å². The van der Waals surface area contributed by atoms with E-state index in [9.17, 15) is 13.9 Å². The van der Waals surface area contributed by atoms with Crippen LogP contribution in [0.15, 0.2) is 16.6 Å². The van der Waals surface area contributed by atoms with Gasteiger partial charge in [-0.05, 0) is 18.6 Å². The topological polar surface area (TPSA) is 41.5 Å². The van der Waals surface area contributed by atoms with Crippen molar-refractivity contribution in [3.05, 3.63) is 28.2 Å². The quantitative estimate of drug-likeness (QED) is 0.715. The highest BCUT2D eigenvalue weighted by Gasteiger charge is 2.12. The van der Waals surface area contributed by atoms with Crippen LogP contribution in [0.25, 0.3) is 0 Å². The van der Waals surface area contributed by atoms with Crippen molar-refractivity contribution in [2.75, 3.05) is 25.1 Å². The molecule has 0 bridgehead atoms. The zero-order valence-electron chi connectivity index (χ0n) is 10.8. The smallest absolute Gasteiger partial charge is 0.150 e. The van der Waals surface area contributed by atoms with Crippen LogP contribution in [0.2, 0.25) is 0 Å². The summed E-state index contributed by atoms with van der Waals surface area (Å²) >= 11 is 3.00. The Balaban J connectivity index is 2.40. The number of nitrogens with one attached hydrogen (secondary N) is 1. The number of aliphatic hydroxyl groups is 1. The molecule has 1 rings (SSSR count). The Labute approximate surface area is 120 Å². The van der Waals surface area contributed by atoms with Gasteiger partial charge in [0.1, 0.15) is 17.3 Å². The Hall–Kier alpha value is -0.720. The van der Waals surface area contributed by atoms with Gasteiger partial charge in [0.15, 0.2) is 0 Å². The third-order valence-corrected chi connectivity index (χ3v) is 2.93. The molecule has 1 aromatic carbocycles. The van der Waals surface area contributed by atoms with Crippen molar-refractivity contribution in [3.8, 4) is 0 Å². The van der Waals surface area contributed by atoms with E-state index in [2.05, 4.69) is 21.2 Å². The molecule has 6 heteroatoms. The summed E-state index contributed by atoms with van der Waals surface area (Å²) in [4.78, 5) is 0. The lowest BCUT2D eigenvalue weighted by Gasteiger charge is -2.14. The fourth-order valence-electron chi connectivity index (χ4n) is 1.46. The minimum absolute atomic E-state index is 0.0294. The van der Waals surface area contributed by atoms with Crippen LogP contribution in [0.4, 0.5) is 14.5 Å². The van der Waals surface area contributed by atoms with Gasteiger partial charge in [-0.3, -0.25) is 0 Å². The molecule has 0 aliphatic heterocycles. The maximum atomic E-state index is 13.5. The number of unbranched alkanes of at least 4 members (excludes halogenated alkanes) is 1. The van der Waals surface area contributed by atoms with E-state index in [0.717, 1.165) is 25.0 Å². The standard InChI is InChI=1S/C13H18BrF2NO2/c1-2-3-4-19-8-10(18)7-17-13-11(15)5-9(14)6-12(13)16/h5-6,10,17-18H,2-4,7-8H2,1H3. The van der Waals surface area contributed by atoms with E-state index in [4.69, 9.17) is 4.74 Å². The predicted octanol–water partition coefficient (Wildman–Crippen LogP) is 3.32. The van der Waals surface area contributed by atoms with Gasteiger partial charge >= 0.3 is 0 Å². The van der Waals surface area contributed by atoms with Gasteiger partial charge in [0.25, 0.3) is 0 Å². The van der Waals surface area contributed by atoms with E-state index < -0.39 is 17.7 Å². The van der Waals surface area contributed by atoms with Gasteiger partial charge in [-0.25, -0.2) is 8.78 Å². The summed E-state index contributed by atoms with van der Waals surface area (Å²) in [5.41, 5.74) is -0.240. The fraction of sp³-hybridized carbons (Fsp3) is 0.538. The molecule has 2 N–H and O–H groups in total. The number of aliphatic hydroxyl groups excluding tert-OH is 1. The van der Waals surface area contributed by atoms with Crippen molar-refractivity contribution >= 4 is 21.6 Å². The molecule has 0 heterocycles. The minimum Gasteiger partial charge on any atom is -0.389 e. The molecule has 0 saturated heterocycles. The Morgan fingerprint density at radius 3 is 2.58 bits per heavy atom. The number of hydrogen-bond acceptors (Lipinski definition) is 3. The highest BCUT2D eigenvalue weighted by atomic mass is 79.9. The summed E-state index contributed by atoms with van der Waals surface area (Å²) in [6, 6.07) is 2.32. The number of rotatable bonds is 8. The van der Waals surface area contributed by atoms with Gasteiger partial charge in [0.2, 0.25) is 0 Å². The van der Waals surface area contributed by atoms with E-state index >= 15 is 0 Å². The van der Waals surface area contributed by atoms with Gasteiger partial charge < -0.3 is 15.2 Å². The number of hydrogen-bond donors (Lipinski definition) is 2. The van der Waals surface area contributed by atoms with Crippen molar-refractivity contribution in [1.82, 2.24) is 0 Å². The molecular weight excluding hydrogens is 320 g/mol. The highest BCUT2D eigenvalue weighted by molar-refractivity contribution is 9.10. The van der Waals surface area contributed by atoms with Gasteiger partial charge in [0, 0.05) is 17.6 Å². The molecule has 0 aromatic heterocycles. The summed E-state index contributed by atoms with van der Waals surface area (Å²) in [7, 11) is 0. The molecular formula is C13H18BrF2NO2. The fourth-order valence-corrected chi connectivity index (χ4v) is 1.86. The summed E-state index contributed by atoms with van der Waals surface area (Å²) in [5, 5.41) is 12.2. The molecule has 3 nitrogen and oxygen atoms in total. The van der Waals surface area contributed by atoms with E-state index in [1.807, 2.05) is 6.92 Å². The zero-order valence-corrected chi connectivity index (χ0v) is 12.3. The monoisotopic (exact) mass is 337 g/mol. The summed E-state index contributed by atoms with van der Waals surface area (Å²) in [6.07, 6.45) is 1.14. The zero-order chi connectivity index (χ0) is 14.3. The minimum atomic E-state index is -0.806. The summed E-state index contributed by atoms with van der Waals surface area (Å²) in [6.45, 7) is 2.80. The lowest BCUT2D eigenvalue weighted by Crippen LogP contribution is -2.25. The predicted molar refractivity (Wildman–Crippen MR) is 74.3 cm³/mol. The van der Waals surface area contributed by atoms with E-state index in [-0.39, 0.29) is 18.8 Å². The van der Waals surface area contributed by atoms with Gasteiger partial charge in [-0.15, -0.1) is 0 Å². The summed E-state index contributed by atoms with van der Waals surface area (Å²) in [5.74, 6) is -1.41. The second kappa shape index (κ2) is 8.45. The number of benzene rings is 1. The molecule has 108 valence electrons. The molecule has 0 aliphatic rings. The molecule has 0 radical (unpaired) electrons. The first kappa shape index (κ1) is 16.3. The van der Waals surface area contributed by atoms with Crippen LogP contribution in [0, 0.1) is 11.6 Å². The first-order chi connectivity index (χ1) is 9.04. The molecule has 0 spiro atoms. The molecule has 0 fully saturated rings. The average Bonchev–Trinajstić information content (AvgIpc) is 2.33. The van der Waals surface area contributed by atoms with E-state index in [0.29, 0.717) is 11.1 Å². The lowest BCUT2D eigenvalue weighted by atomic mass is 10.2. The van der Waals surface area contributed by atoms with Crippen LogP contribution in [0.5, 0.6) is 0 Å². The third kappa shape index (κ3) is 5.84. The number of ether oxygens (including phenoxy) is 1. The largest absolute Gasteiger partial charge is 0.389 e. The maximum absolute atomic E-state index is 13.5. The average molecular weight is 338 g/mol. The maximum Gasteiger partial charge on any atom is 0.150 e. The number of halogens is 3. The van der Waals surface area contributed by atoms with Gasteiger partial charge in [-0.2, -0.15) is 0 Å². The van der Waals surface area contributed by atoms with Crippen LogP contribution in [-0.4, -0.2) is 31.0 Å². The van der Waals surface area contributed by atoms with Crippen molar-refractivity contribution in [2.24, 2.45) is 0 Å². The Morgan fingerprint density at radius 1 is 1.37 bits per heavy atom. The molecule has 0 aliphatic carbocycles. The van der Waals surface area contributed by atoms with Crippen LogP contribution < -0.4 is 5.32 Å². The second-order valence-corrected chi connectivity index (χ2v) is 5.12. The van der Waals surface area contributed by atoms with Crippen LogP contribution >= 0.6 is 15.9 Å². The molecule has 0 amide bonds. The first-order valence-electron chi connectivity index (χ1n) is 6.18. The number of anilines is 1. The van der Waals surface area contributed by atoms with Crippen molar-refractivity contribution in [1.29, 1.82) is 0 Å².